The number of methoxy groups -OCH3 is 1. The molecule has 0 bridgehead atoms. The minimum absolute atomic E-state index is 0. The van der Waals surface area contributed by atoms with Gasteiger partial charge in [-0.05, 0) is 38.1 Å². The van der Waals surface area contributed by atoms with E-state index in [0.717, 1.165) is 11.4 Å². The monoisotopic (exact) mass is 346 g/mol. The molecule has 1 aromatic carbocycles. The molecule has 2 aromatic rings. The Morgan fingerprint density at radius 1 is 1.32 bits per heavy atom. The first-order chi connectivity index (χ1) is 9.49. The highest BCUT2D eigenvalue weighted by Gasteiger charge is 2.08. The third kappa shape index (κ3) is 4.82. The van der Waals surface area contributed by atoms with Gasteiger partial charge in [-0.15, -0.1) is 24.8 Å². The normalized spacial score (nSPS) is 9.41. The van der Waals surface area contributed by atoms with E-state index < -0.39 is 0 Å². The van der Waals surface area contributed by atoms with E-state index in [1.165, 1.54) is 0 Å². The smallest absolute Gasteiger partial charge is 0.246 e. The average Bonchev–Trinajstić information content (AvgIpc) is 2.68. The van der Waals surface area contributed by atoms with Gasteiger partial charge in [-0.2, -0.15) is 5.10 Å². The molecule has 8 heteroatoms. The summed E-state index contributed by atoms with van der Waals surface area (Å²) in [5, 5.41) is 7.03. The number of benzene rings is 1. The zero-order valence-corrected chi connectivity index (χ0v) is 14.3. The van der Waals surface area contributed by atoms with Gasteiger partial charge < -0.3 is 15.8 Å². The lowest BCUT2D eigenvalue weighted by atomic mass is 10.2. The van der Waals surface area contributed by atoms with Crippen LogP contribution in [0, 0.1) is 13.8 Å². The second kappa shape index (κ2) is 8.51. The number of hydrogen-bond donors (Lipinski definition) is 2. The summed E-state index contributed by atoms with van der Waals surface area (Å²) in [5.41, 5.74) is 8.75. The Labute approximate surface area is 141 Å². The molecule has 0 saturated heterocycles. The molecule has 0 fully saturated rings. The Balaban J connectivity index is 0.00000220. The highest BCUT2D eigenvalue weighted by Crippen LogP contribution is 2.24. The van der Waals surface area contributed by atoms with Crippen molar-refractivity contribution in [1.29, 1.82) is 0 Å². The molecular formula is C14H20Cl2N4O2. The SMILES string of the molecule is COc1ccc(NC(=O)Cn2nc(C)cc2C)cc1N.Cl.Cl. The number of nitrogens with two attached hydrogens (primary N) is 1. The molecule has 0 aliphatic carbocycles. The van der Waals surface area contributed by atoms with Crippen LogP contribution in [0.5, 0.6) is 5.75 Å². The Morgan fingerprint density at radius 2 is 2.00 bits per heavy atom. The highest BCUT2D eigenvalue weighted by molar-refractivity contribution is 5.91. The summed E-state index contributed by atoms with van der Waals surface area (Å²) in [6, 6.07) is 7.05. The molecule has 0 unspecified atom stereocenters. The van der Waals surface area contributed by atoms with Gasteiger partial charge in [0.1, 0.15) is 12.3 Å². The number of aromatic nitrogens is 2. The van der Waals surface area contributed by atoms with E-state index in [1.807, 2.05) is 19.9 Å². The summed E-state index contributed by atoms with van der Waals surface area (Å²) in [5.74, 6) is 0.433. The van der Waals surface area contributed by atoms with Crippen molar-refractivity contribution in [3.8, 4) is 5.75 Å². The predicted octanol–water partition coefficient (Wildman–Crippen LogP) is 2.57. The molecule has 1 amide bonds. The maximum Gasteiger partial charge on any atom is 0.246 e. The first kappa shape index (κ1) is 20.1. The Bertz CT molecular complexity index is 644. The molecule has 6 nitrogen and oxygen atoms in total. The summed E-state index contributed by atoms with van der Waals surface area (Å²) in [4.78, 5) is 12.0. The predicted molar refractivity (Wildman–Crippen MR) is 92.2 cm³/mol. The summed E-state index contributed by atoms with van der Waals surface area (Å²) in [6.45, 7) is 3.98. The largest absolute Gasteiger partial charge is 0.495 e. The molecule has 0 aliphatic heterocycles. The third-order valence-corrected chi connectivity index (χ3v) is 2.91. The van der Waals surface area contributed by atoms with Crippen molar-refractivity contribution in [2.24, 2.45) is 0 Å². The molecule has 2 rings (SSSR count). The van der Waals surface area contributed by atoms with Crippen LogP contribution in [0.25, 0.3) is 0 Å². The molecule has 22 heavy (non-hydrogen) atoms. The molecule has 0 atom stereocenters. The fraction of sp³-hybridized carbons (Fsp3) is 0.286. The van der Waals surface area contributed by atoms with Crippen molar-refractivity contribution >= 4 is 42.1 Å². The number of aryl methyl sites for hydroxylation is 2. The fourth-order valence-corrected chi connectivity index (χ4v) is 1.98. The molecule has 3 N–H and O–H groups in total. The van der Waals surface area contributed by atoms with Crippen LogP contribution in [0.2, 0.25) is 0 Å². The van der Waals surface area contributed by atoms with Crippen molar-refractivity contribution in [1.82, 2.24) is 9.78 Å². The van der Waals surface area contributed by atoms with Crippen LogP contribution >= 0.6 is 24.8 Å². The van der Waals surface area contributed by atoms with E-state index in [0.29, 0.717) is 17.1 Å². The number of nitrogens with one attached hydrogen (secondary N) is 1. The lowest BCUT2D eigenvalue weighted by Crippen LogP contribution is -2.20. The van der Waals surface area contributed by atoms with Crippen LogP contribution < -0.4 is 15.8 Å². The van der Waals surface area contributed by atoms with Gasteiger partial charge in [-0.3, -0.25) is 9.48 Å². The van der Waals surface area contributed by atoms with Crippen molar-refractivity contribution in [2.75, 3.05) is 18.2 Å². The quantitative estimate of drug-likeness (QED) is 0.833. The van der Waals surface area contributed by atoms with Crippen molar-refractivity contribution < 1.29 is 9.53 Å². The number of ether oxygens (including phenoxy) is 1. The summed E-state index contributed by atoms with van der Waals surface area (Å²) < 4.78 is 6.73. The van der Waals surface area contributed by atoms with E-state index in [2.05, 4.69) is 10.4 Å². The van der Waals surface area contributed by atoms with E-state index in [4.69, 9.17) is 10.5 Å². The lowest BCUT2D eigenvalue weighted by Gasteiger charge is -2.09. The standard InChI is InChI=1S/C14H18N4O2.2ClH/c1-9-6-10(2)18(17-9)8-14(19)16-11-4-5-13(20-3)12(15)7-11;;/h4-7H,8,15H2,1-3H3,(H,16,19);2*1H. The second-order valence-electron chi connectivity index (χ2n) is 4.59. The summed E-state index contributed by atoms with van der Waals surface area (Å²) in [6.07, 6.45) is 0. The van der Waals surface area contributed by atoms with Crippen LogP contribution in [-0.2, 0) is 11.3 Å². The second-order valence-corrected chi connectivity index (χ2v) is 4.59. The number of nitrogens with zero attached hydrogens (tertiary/aromatic N) is 2. The first-order valence-electron chi connectivity index (χ1n) is 6.24. The zero-order valence-electron chi connectivity index (χ0n) is 12.6. The number of nitrogen functional groups attached to an aromatic ring is 1. The summed E-state index contributed by atoms with van der Waals surface area (Å²) in [7, 11) is 1.55. The Morgan fingerprint density at radius 3 is 2.50 bits per heavy atom. The minimum Gasteiger partial charge on any atom is -0.495 e. The van der Waals surface area contributed by atoms with Crippen LogP contribution in [-0.4, -0.2) is 22.8 Å². The van der Waals surface area contributed by atoms with Crippen LogP contribution in [0.4, 0.5) is 11.4 Å². The van der Waals surface area contributed by atoms with Crippen LogP contribution in [0.1, 0.15) is 11.4 Å². The number of carbonyl (C=O) groups is 1. The highest BCUT2D eigenvalue weighted by atomic mass is 35.5. The molecule has 0 aliphatic rings. The van der Waals surface area contributed by atoms with Gasteiger partial charge >= 0.3 is 0 Å². The number of hydrogen-bond acceptors (Lipinski definition) is 4. The maximum atomic E-state index is 12.0. The topological polar surface area (TPSA) is 82.2 Å². The third-order valence-electron chi connectivity index (χ3n) is 2.91. The van der Waals surface area contributed by atoms with Gasteiger partial charge in [0.25, 0.3) is 0 Å². The van der Waals surface area contributed by atoms with Gasteiger partial charge in [-0.1, -0.05) is 0 Å². The van der Waals surface area contributed by atoms with Gasteiger partial charge in [-0.25, -0.2) is 0 Å². The Kier molecular flexibility index (Phi) is 7.76. The summed E-state index contributed by atoms with van der Waals surface area (Å²) >= 11 is 0. The first-order valence-corrected chi connectivity index (χ1v) is 6.24. The van der Waals surface area contributed by atoms with Crippen LogP contribution in [0.15, 0.2) is 24.3 Å². The average molecular weight is 347 g/mol. The number of amides is 1. The molecule has 0 saturated carbocycles. The molecule has 1 aromatic heterocycles. The zero-order chi connectivity index (χ0) is 14.7. The van der Waals surface area contributed by atoms with Gasteiger partial charge in [0.2, 0.25) is 5.91 Å². The van der Waals surface area contributed by atoms with Gasteiger partial charge in [0, 0.05) is 11.4 Å². The number of rotatable bonds is 4. The van der Waals surface area contributed by atoms with Crippen molar-refractivity contribution in [3.05, 3.63) is 35.7 Å². The van der Waals surface area contributed by atoms with Crippen LogP contribution in [0.3, 0.4) is 0 Å². The van der Waals surface area contributed by atoms with E-state index >= 15 is 0 Å². The Hall–Kier alpha value is -1.92. The number of halogens is 2. The van der Waals surface area contributed by atoms with E-state index in [-0.39, 0.29) is 37.3 Å². The minimum atomic E-state index is -0.152. The molecule has 0 radical (unpaired) electrons. The van der Waals surface area contributed by atoms with Crippen molar-refractivity contribution in [3.63, 3.8) is 0 Å². The molecular weight excluding hydrogens is 327 g/mol. The van der Waals surface area contributed by atoms with Gasteiger partial charge in [0.15, 0.2) is 0 Å². The molecule has 122 valence electrons. The molecule has 0 spiro atoms. The van der Waals surface area contributed by atoms with Gasteiger partial charge in [0.05, 0.1) is 18.5 Å². The van der Waals surface area contributed by atoms with E-state index in [9.17, 15) is 4.79 Å². The lowest BCUT2D eigenvalue weighted by molar-refractivity contribution is -0.116. The molecule has 1 heterocycles. The number of anilines is 2. The van der Waals surface area contributed by atoms with E-state index in [1.54, 1.807) is 30.0 Å². The fourth-order valence-electron chi connectivity index (χ4n) is 1.98. The van der Waals surface area contributed by atoms with Crippen molar-refractivity contribution in [2.45, 2.75) is 20.4 Å². The number of carbonyl (C=O) groups excluding carboxylic acids is 1. The maximum absolute atomic E-state index is 12.0.